The van der Waals surface area contributed by atoms with Crippen LogP contribution in [0.2, 0.25) is 0 Å². The van der Waals surface area contributed by atoms with Crippen LogP contribution in [0.25, 0.3) is 0 Å². The first-order valence-electron chi connectivity index (χ1n) is 6.51. The summed E-state index contributed by atoms with van der Waals surface area (Å²) in [6.07, 6.45) is 1.52. The third kappa shape index (κ3) is 3.84. The van der Waals surface area contributed by atoms with Crippen molar-refractivity contribution < 1.29 is 9.90 Å². The predicted molar refractivity (Wildman–Crippen MR) is 73.8 cm³/mol. The summed E-state index contributed by atoms with van der Waals surface area (Å²) in [5.41, 5.74) is 3.57. The molecule has 0 spiro atoms. The van der Waals surface area contributed by atoms with E-state index in [0.717, 1.165) is 6.42 Å². The van der Waals surface area contributed by atoms with Crippen molar-refractivity contribution in [3.05, 3.63) is 34.9 Å². The van der Waals surface area contributed by atoms with Crippen LogP contribution in [-0.2, 0) is 4.79 Å². The third-order valence-electron chi connectivity index (χ3n) is 3.23. The average Bonchev–Trinajstić information content (AvgIpc) is 2.31. The SMILES string of the molecule is CCCC(NC(C)c1cc(C)ccc1C)C(=O)O. The molecule has 0 saturated heterocycles. The van der Waals surface area contributed by atoms with E-state index in [1.165, 1.54) is 16.7 Å². The van der Waals surface area contributed by atoms with Crippen LogP contribution in [-0.4, -0.2) is 17.1 Å². The van der Waals surface area contributed by atoms with Crippen LogP contribution in [0.3, 0.4) is 0 Å². The van der Waals surface area contributed by atoms with Crippen molar-refractivity contribution in [3.63, 3.8) is 0 Å². The Balaban J connectivity index is 2.83. The molecule has 0 fully saturated rings. The Bertz CT molecular complexity index is 415. The van der Waals surface area contributed by atoms with Gasteiger partial charge in [0, 0.05) is 6.04 Å². The smallest absolute Gasteiger partial charge is 0.320 e. The lowest BCUT2D eigenvalue weighted by molar-refractivity contribution is -0.139. The summed E-state index contributed by atoms with van der Waals surface area (Å²) in [5, 5.41) is 12.4. The van der Waals surface area contributed by atoms with Crippen LogP contribution in [0.15, 0.2) is 18.2 Å². The van der Waals surface area contributed by atoms with Crippen molar-refractivity contribution in [2.75, 3.05) is 0 Å². The average molecular weight is 249 g/mol. The van der Waals surface area contributed by atoms with E-state index in [2.05, 4.69) is 37.4 Å². The maximum Gasteiger partial charge on any atom is 0.320 e. The van der Waals surface area contributed by atoms with Crippen LogP contribution in [0.1, 0.15) is 49.4 Å². The molecular formula is C15H23NO2. The normalized spacial score (nSPS) is 14.2. The van der Waals surface area contributed by atoms with Gasteiger partial charge in [0.15, 0.2) is 0 Å². The lowest BCUT2D eigenvalue weighted by atomic mass is 9.99. The first-order valence-corrected chi connectivity index (χ1v) is 6.51. The molecule has 0 saturated carbocycles. The van der Waals surface area contributed by atoms with Crippen LogP contribution in [0, 0.1) is 13.8 Å². The van der Waals surface area contributed by atoms with Crippen LogP contribution in [0.4, 0.5) is 0 Å². The molecule has 18 heavy (non-hydrogen) atoms. The Labute approximate surface area is 109 Å². The number of carboxylic acids is 1. The molecule has 2 unspecified atom stereocenters. The van der Waals surface area contributed by atoms with E-state index >= 15 is 0 Å². The maximum absolute atomic E-state index is 11.1. The van der Waals surface area contributed by atoms with Crippen molar-refractivity contribution in [3.8, 4) is 0 Å². The molecule has 1 rings (SSSR count). The number of aryl methyl sites for hydroxylation is 2. The van der Waals surface area contributed by atoms with Gasteiger partial charge in [-0.1, -0.05) is 37.1 Å². The quantitative estimate of drug-likeness (QED) is 0.814. The molecule has 0 aliphatic heterocycles. The summed E-state index contributed by atoms with van der Waals surface area (Å²) < 4.78 is 0. The largest absolute Gasteiger partial charge is 0.480 e. The second-order valence-electron chi connectivity index (χ2n) is 4.93. The monoisotopic (exact) mass is 249 g/mol. The van der Waals surface area contributed by atoms with Gasteiger partial charge in [0.2, 0.25) is 0 Å². The predicted octanol–water partition coefficient (Wildman–Crippen LogP) is 3.21. The molecule has 0 heterocycles. The first kappa shape index (κ1) is 14.7. The van der Waals surface area contributed by atoms with Crippen molar-refractivity contribution in [2.24, 2.45) is 0 Å². The molecule has 0 amide bonds. The Hall–Kier alpha value is -1.35. The van der Waals surface area contributed by atoms with Gasteiger partial charge in [-0.15, -0.1) is 0 Å². The van der Waals surface area contributed by atoms with Gasteiger partial charge in [-0.05, 0) is 38.3 Å². The molecular weight excluding hydrogens is 226 g/mol. The van der Waals surface area contributed by atoms with E-state index < -0.39 is 12.0 Å². The highest BCUT2D eigenvalue weighted by atomic mass is 16.4. The number of hydrogen-bond acceptors (Lipinski definition) is 2. The topological polar surface area (TPSA) is 49.3 Å². The second-order valence-corrected chi connectivity index (χ2v) is 4.93. The van der Waals surface area contributed by atoms with E-state index in [0.29, 0.717) is 6.42 Å². The summed E-state index contributed by atoms with van der Waals surface area (Å²) in [7, 11) is 0. The van der Waals surface area contributed by atoms with Crippen LogP contribution < -0.4 is 5.32 Å². The molecule has 0 radical (unpaired) electrons. The fourth-order valence-corrected chi connectivity index (χ4v) is 2.18. The van der Waals surface area contributed by atoms with E-state index in [1.54, 1.807) is 0 Å². The van der Waals surface area contributed by atoms with Crippen molar-refractivity contribution >= 4 is 5.97 Å². The summed E-state index contributed by atoms with van der Waals surface area (Å²) in [5.74, 6) is -0.769. The van der Waals surface area contributed by atoms with Crippen molar-refractivity contribution in [1.82, 2.24) is 5.32 Å². The lowest BCUT2D eigenvalue weighted by Crippen LogP contribution is -2.38. The molecule has 100 valence electrons. The molecule has 0 aliphatic rings. The van der Waals surface area contributed by atoms with Crippen LogP contribution in [0.5, 0.6) is 0 Å². The standard InChI is InChI=1S/C15H23NO2/c1-5-6-14(15(17)18)16-12(4)13-9-10(2)7-8-11(13)3/h7-9,12,14,16H,5-6H2,1-4H3,(H,17,18). The zero-order chi connectivity index (χ0) is 13.7. The third-order valence-corrected chi connectivity index (χ3v) is 3.23. The molecule has 1 aromatic carbocycles. The van der Waals surface area contributed by atoms with Gasteiger partial charge in [0.05, 0.1) is 0 Å². The van der Waals surface area contributed by atoms with Gasteiger partial charge < -0.3 is 5.11 Å². The van der Waals surface area contributed by atoms with Crippen molar-refractivity contribution in [1.29, 1.82) is 0 Å². The number of carboxylic acid groups (broad SMARTS) is 1. The highest BCUT2D eigenvalue weighted by molar-refractivity contribution is 5.73. The van der Waals surface area contributed by atoms with E-state index in [-0.39, 0.29) is 6.04 Å². The molecule has 2 N–H and O–H groups in total. The number of aliphatic carboxylic acids is 1. The number of nitrogens with one attached hydrogen (secondary N) is 1. The molecule has 2 atom stereocenters. The molecule has 0 aliphatic carbocycles. The maximum atomic E-state index is 11.1. The Morgan fingerprint density at radius 2 is 2.06 bits per heavy atom. The highest BCUT2D eigenvalue weighted by Gasteiger charge is 2.19. The highest BCUT2D eigenvalue weighted by Crippen LogP contribution is 2.20. The van der Waals surface area contributed by atoms with E-state index in [1.807, 2.05) is 13.8 Å². The first-order chi connectivity index (χ1) is 8.45. The zero-order valence-electron chi connectivity index (χ0n) is 11.7. The fourth-order valence-electron chi connectivity index (χ4n) is 2.18. The molecule has 0 bridgehead atoms. The zero-order valence-corrected chi connectivity index (χ0v) is 11.7. The Morgan fingerprint density at radius 3 is 2.61 bits per heavy atom. The van der Waals surface area contributed by atoms with Gasteiger partial charge in [0.1, 0.15) is 6.04 Å². The number of rotatable bonds is 6. The summed E-state index contributed by atoms with van der Waals surface area (Å²) in [6.45, 7) is 8.13. The van der Waals surface area contributed by atoms with E-state index in [9.17, 15) is 4.79 Å². The van der Waals surface area contributed by atoms with Crippen LogP contribution >= 0.6 is 0 Å². The number of carbonyl (C=O) groups is 1. The summed E-state index contributed by atoms with van der Waals surface area (Å²) >= 11 is 0. The lowest BCUT2D eigenvalue weighted by Gasteiger charge is -2.22. The number of hydrogen-bond donors (Lipinski definition) is 2. The molecule has 1 aromatic rings. The number of benzene rings is 1. The van der Waals surface area contributed by atoms with Gasteiger partial charge >= 0.3 is 5.97 Å². The molecule has 3 heteroatoms. The minimum atomic E-state index is -0.769. The summed E-state index contributed by atoms with van der Waals surface area (Å²) in [6, 6.07) is 5.87. The van der Waals surface area contributed by atoms with Gasteiger partial charge in [0.25, 0.3) is 0 Å². The minimum Gasteiger partial charge on any atom is -0.480 e. The minimum absolute atomic E-state index is 0.0533. The van der Waals surface area contributed by atoms with Gasteiger partial charge in [-0.2, -0.15) is 0 Å². The van der Waals surface area contributed by atoms with Crippen molar-refractivity contribution in [2.45, 2.75) is 52.6 Å². The van der Waals surface area contributed by atoms with Gasteiger partial charge in [-0.25, -0.2) is 0 Å². The Morgan fingerprint density at radius 1 is 1.39 bits per heavy atom. The summed E-state index contributed by atoms with van der Waals surface area (Å²) in [4.78, 5) is 11.1. The van der Waals surface area contributed by atoms with Gasteiger partial charge in [-0.3, -0.25) is 10.1 Å². The van der Waals surface area contributed by atoms with E-state index in [4.69, 9.17) is 5.11 Å². The Kier molecular flexibility index (Phi) is 5.35. The fraction of sp³-hybridized carbons (Fsp3) is 0.533. The second kappa shape index (κ2) is 6.55. The molecule has 3 nitrogen and oxygen atoms in total. The molecule has 0 aromatic heterocycles.